The first-order valence-corrected chi connectivity index (χ1v) is 6.32. The van der Waals surface area contributed by atoms with Crippen LogP contribution in [0.5, 0.6) is 5.88 Å². The molecule has 0 radical (unpaired) electrons. The number of hydrogen-bond acceptors (Lipinski definition) is 5. The van der Waals surface area contributed by atoms with Gasteiger partial charge in [-0.1, -0.05) is 23.7 Å². The third-order valence-corrected chi connectivity index (χ3v) is 3.29. The summed E-state index contributed by atoms with van der Waals surface area (Å²) < 4.78 is 5.30. The van der Waals surface area contributed by atoms with E-state index in [1.165, 1.54) is 0 Å². The highest BCUT2D eigenvalue weighted by molar-refractivity contribution is 6.33. The lowest BCUT2D eigenvalue weighted by molar-refractivity contribution is 0.392. The summed E-state index contributed by atoms with van der Waals surface area (Å²) in [5.41, 5.74) is 2.76. The molecule has 0 saturated carbocycles. The fraction of sp³-hybridized carbons (Fsp3) is 0.231. The normalized spacial score (nSPS) is 13.2. The van der Waals surface area contributed by atoms with Crippen molar-refractivity contribution < 1.29 is 4.74 Å². The molecule has 1 aliphatic rings. The average Bonchev–Trinajstić information content (AvgIpc) is 2.89. The predicted molar refractivity (Wildman–Crippen MR) is 73.9 cm³/mol. The first kappa shape index (κ1) is 12.2. The van der Waals surface area contributed by atoms with Crippen LogP contribution in [0, 0.1) is 0 Å². The third-order valence-electron chi connectivity index (χ3n) is 2.96. The Morgan fingerprint density at radius 2 is 2.11 bits per heavy atom. The molecule has 0 bridgehead atoms. The molecule has 1 aromatic carbocycles. The van der Waals surface area contributed by atoms with E-state index in [9.17, 15) is 0 Å². The lowest BCUT2D eigenvalue weighted by atomic mass is 10.2. The number of benzene rings is 1. The van der Waals surface area contributed by atoms with Crippen LogP contribution in [0.2, 0.25) is 5.02 Å². The highest BCUT2D eigenvalue weighted by Gasteiger charge is 2.19. The van der Waals surface area contributed by atoms with E-state index in [2.05, 4.69) is 20.6 Å². The second-order valence-electron chi connectivity index (χ2n) is 4.19. The summed E-state index contributed by atoms with van der Waals surface area (Å²) in [6.07, 6.45) is 0. The Kier molecular flexibility index (Phi) is 3.23. The Bertz CT molecular complexity index is 618. The molecular weight excluding hydrogens is 264 g/mol. The van der Waals surface area contributed by atoms with Gasteiger partial charge in [0.2, 0.25) is 11.8 Å². The van der Waals surface area contributed by atoms with Crippen molar-refractivity contribution >= 4 is 23.2 Å². The molecule has 0 unspecified atom stereocenters. The molecule has 3 rings (SSSR count). The van der Waals surface area contributed by atoms with E-state index in [1.807, 2.05) is 24.3 Å². The number of anilines is 2. The zero-order valence-electron chi connectivity index (χ0n) is 10.4. The van der Waals surface area contributed by atoms with Gasteiger partial charge >= 0.3 is 0 Å². The number of fused-ring (bicyclic) bond motifs is 1. The van der Waals surface area contributed by atoms with E-state index in [4.69, 9.17) is 16.3 Å². The number of nitrogens with zero attached hydrogens (tertiary/aromatic N) is 2. The van der Waals surface area contributed by atoms with Crippen molar-refractivity contribution in [3.8, 4) is 5.88 Å². The van der Waals surface area contributed by atoms with Gasteiger partial charge in [0, 0.05) is 13.1 Å². The fourth-order valence-electron chi connectivity index (χ4n) is 2.04. The zero-order chi connectivity index (χ0) is 13.2. The van der Waals surface area contributed by atoms with Crippen LogP contribution in [0.25, 0.3) is 0 Å². The van der Waals surface area contributed by atoms with E-state index >= 15 is 0 Å². The Labute approximate surface area is 116 Å². The maximum atomic E-state index is 6.10. The van der Waals surface area contributed by atoms with E-state index < -0.39 is 0 Å². The van der Waals surface area contributed by atoms with E-state index in [1.54, 1.807) is 7.11 Å². The number of ether oxygens (including phenoxy) is 1. The number of rotatable bonds is 3. The van der Waals surface area contributed by atoms with E-state index in [0.717, 1.165) is 30.0 Å². The number of methoxy groups -OCH3 is 1. The van der Waals surface area contributed by atoms with Crippen molar-refractivity contribution in [3.63, 3.8) is 0 Å². The molecule has 0 spiro atoms. The van der Waals surface area contributed by atoms with Gasteiger partial charge in [-0.25, -0.2) is 4.98 Å². The van der Waals surface area contributed by atoms with Crippen LogP contribution in [0.15, 0.2) is 24.3 Å². The number of aromatic nitrogens is 2. The van der Waals surface area contributed by atoms with Gasteiger partial charge in [0.25, 0.3) is 0 Å². The molecule has 98 valence electrons. The van der Waals surface area contributed by atoms with Crippen LogP contribution in [0.3, 0.4) is 0 Å². The van der Waals surface area contributed by atoms with Crippen molar-refractivity contribution in [1.82, 2.24) is 15.3 Å². The Hall–Kier alpha value is -1.85. The van der Waals surface area contributed by atoms with Crippen LogP contribution in [0.4, 0.5) is 11.6 Å². The molecule has 0 atom stereocenters. The highest BCUT2D eigenvalue weighted by Crippen LogP contribution is 2.28. The molecule has 19 heavy (non-hydrogen) atoms. The molecule has 6 heteroatoms. The lowest BCUT2D eigenvalue weighted by Gasteiger charge is -2.10. The van der Waals surface area contributed by atoms with Gasteiger partial charge in [-0.2, -0.15) is 4.98 Å². The SMILES string of the molecule is COc1nc(Nc2ccccc2Cl)nc2c1CNC2. The van der Waals surface area contributed by atoms with Gasteiger partial charge in [-0.3, -0.25) is 0 Å². The first-order valence-electron chi connectivity index (χ1n) is 5.94. The monoisotopic (exact) mass is 276 g/mol. The zero-order valence-corrected chi connectivity index (χ0v) is 11.2. The van der Waals surface area contributed by atoms with Gasteiger partial charge < -0.3 is 15.4 Å². The second-order valence-corrected chi connectivity index (χ2v) is 4.60. The lowest BCUT2D eigenvalue weighted by Crippen LogP contribution is -2.04. The van der Waals surface area contributed by atoms with Crippen molar-refractivity contribution in [3.05, 3.63) is 40.5 Å². The predicted octanol–water partition coefficient (Wildman–Crippen LogP) is 2.49. The van der Waals surface area contributed by atoms with Gasteiger partial charge in [0.1, 0.15) is 0 Å². The minimum atomic E-state index is 0.493. The maximum absolute atomic E-state index is 6.10. The van der Waals surface area contributed by atoms with E-state index in [0.29, 0.717) is 16.9 Å². The Balaban J connectivity index is 1.96. The molecule has 0 fully saturated rings. The number of halogens is 1. The van der Waals surface area contributed by atoms with E-state index in [-0.39, 0.29) is 0 Å². The summed E-state index contributed by atoms with van der Waals surface area (Å²) in [6, 6.07) is 7.47. The quantitative estimate of drug-likeness (QED) is 0.902. The van der Waals surface area contributed by atoms with Crippen LogP contribution in [0.1, 0.15) is 11.3 Å². The summed E-state index contributed by atoms with van der Waals surface area (Å²) in [4.78, 5) is 8.83. The van der Waals surface area contributed by atoms with Crippen molar-refractivity contribution in [2.45, 2.75) is 13.1 Å². The van der Waals surface area contributed by atoms with Crippen molar-refractivity contribution in [1.29, 1.82) is 0 Å². The van der Waals surface area contributed by atoms with Crippen LogP contribution >= 0.6 is 11.6 Å². The Morgan fingerprint density at radius 3 is 2.89 bits per heavy atom. The summed E-state index contributed by atoms with van der Waals surface area (Å²) in [6.45, 7) is 1.47. The summed E-state index contributed by atoms with van der Waals surface area (Å²) in [5, 5.41) is 6.97. The average molecular weight is 277 g/mol. The third kappa shape index (κ3) is 2.34. The second kappa shape index (κ2) is 5.03. The van der Waals surface area contributed by atoms with Gasteiger partial charge in [-0.05, 0) is 12.1 Å². The van der Waals surface area contributed by atoms with Crippen LogP contribution in [-0.4, -0.2) is 17.1 Å². The standard InChI is InChI=1S/C13H13ClN4O/c1-19-12-8-6-15-7-11(8)17-13(18-12)16-10-5-3-2-4-9(10)14/h2-5,15H,6-7H2,1H3,(H,16,17,18). The van der Waals surface area contributed by atoms with Gasteiger partial charge in [0.05, 0.1) is 29.1 Å². The minimum Gasteiger partial charge on any atom is -0.481 e. The number of hydrogen-bond donors (Lipinski definition) is 2. The molecule has 2 aromatic rings. The minimum absolute atomic E-state index is 0.493. The Morgan fingerprint density at radius 1 is 1.26 bits per heavy atom. The molecule has 0 saturated heterocycles. The largest absolute Gasteiger partial charge is 0.481 e. The highest BCUT2D eigenvalue weighted by atomic mass is 35.5. The molecule has 5 nitrogen and oxygen atoms in total. The molecule has 2 N–H and O–H groups in total. The maximum Gasteiger partial charge on any atom is 0.230 e. The van der Waals surface area contributed by atoms with Crippen molar-refractivity contribution in [2.75, 3.05) is 12.4 Å². The van der Waals surface area contributed by atoms with Crippen LogP contribution < -0.4 is 15.4 Å². The fourth-order valence-corrected chi connectivity index (χ4v) is 2.23. The first-order chi connectivity index (χ1) is 9.28. The van der Waals surface area contributed by atoms with Crippen molar-refractivity contribution in [2.24, 2.45) is 0 Å². The van der Waals surface area contributed by atoms with Gasteiger partial charge in [0.15, 0.2) is 0 Å². The van der Waals surface area contributed by atoms with Crippen LogP contribution in [-0.2, 0) is 13.1 Å². The summed E-state index contributed by atoms with van der Waals surface area (Å²) in [5.74, 6) is 1.09. The molecule has 2 heterocycles. The summed E-state index contributed by atoms with van der Waals surface area (Å²) in [7, 11) is 1.61. The summed E-state index contributed by atoms with van der Waals surface area (Å²) >= 11 is 6.10. The van der Waals surface area contributed by atoms with Gasteiger partial charge in [-0.15, -0.1) is 0 Å². The molecule has 0 aliphatic carbocycles. The molecular formula is C13H13ClN4O. The molecule has 1 aromatic heterocycles. The number of nitrogens with one attached hydrogen (secondary N) is 2. The molecule has 1 aliphatic heterocycles. The number of para-hydroxylation sites is 1. The topological polar surface area (TPSA) is 59.1 Å². The molecule has 0 amide bonds. The smallest absolute Gasteiger partial charge is 0.230 e.